The molecular formula is C12H24ClNO4. The van der Waals surface area contributed by atoms with E-state index in [-0.39, 0.29) is 24.9 Å². The van der Waals surface area contributed by atoms with Gasteiger partial charge in [0, 0.05) is 0 Å². The summed E-state index contributed by atoms with van der Waals surface area (Å²) in [5, 5.41) is 8.85. The topological polar surface area (TPSA) is 63.6 Å². The van der Waals surface area contributed by atoms with Crippen molar-refractivity contribution in [3.63, 3.8) is 0 Å². The second kappa shape index (κ2) is 8.32. The monoisotopic (exact) mass is 284 g/mol. The molecule has 0 aromatic heterocycles. The quantitative estimate of drug-likeness (QED) is 0.439. The van der Waals surface area contributed by atoms with Gasteiger partial charge in [0.15, 0.2) is 6.10 Å². The summed E-state index contributed by atoms with van der Waals surface area (Å²) in [5.74, 6) is -1.96. The third-order valence-corrected chi connectivity index (χ3v) is 2.36. The first-order chi connectivity index (χ1) is 8.90. The van der Waals surface area contributed by atoms with E-state index in [0.717, 1.165) is 0 Å². The number of carboxylic acid groups (broad SMARTS) is 1. The molecule has 0 aliphatic carbocycles. The number of carbonyl (C=O) groups is 2. The van der Waals surface area contributed by atoms with E-state index in [1.807, 2.05) is 6.92 Å². The van der Waals surface area contributed by atoms with Crippen molar-refractivity contribution in [2.45, 2.75) is 32.8 Å². The van der Waals surface area contributed by atoms with E-state index in [0.29, 0.717) is 6.42 Å². The Morgan fingerprint density at radius 3 is 2.39 bits per heavy atom. The number of rotatable bonds is 7. The van der Waals surface area contributed by atoms with Crippen LogP contribution in [0.5, 0.6) is 0 Å². The van der Waals surface area contributed by atoms with Gasteiger partial charge in [0.1, 0.15) is 6.54 Å². The molecule has 0 fully saturated rings. The number of esters is 1. The normalized spacial score (nSPS) is 17.4. The molecule has 0 aromatic rings. The molecule has 1 unspecified atom stereocenters. The molecule has 0 bridgehead atoms. The fourth-order valence-corrected chi connectivity index (χ4v) is 1.29. The van der Waals surface area contributed by atoms with E-state index in [4.69, 9.17) is 14.0 Å². The number of halogens is 1. The Balaban J connectivity index is 0. The fourth-order valence-electron chi connectivity index (χ4n) is 1.29. The molecule has 5 nitrogen and oxygen atoms in total. The van der Waals surface area contributed by atoms with Crippen LogP contribution in [-0.2, 0) is 14.3 Å². The summed E-state index contributed by atoms with van der Waals surface area (Å²) >= 11 is 0. The van der Waals surface area contributed by atoms with Crippen LogP contribution in [0.3, 0.4) is 0 Å². The summed E-state index contributed by atoms with van der Waals surface area (Å²) in [6.07, 6.45) is -0.778. The van der Waals surface area contributed by atoms with Gasteiger partial charge in [-0.25, -0.2) is 0 Å². The standard InChI is InChI=1S/C12H23NO4.ClH/c1-6-9(2)12(16)17-10(7-11(14)15)8-13(3,4)5;/h9-10H,6-8H2,1-5H3;1H/t9?,10-;/m1./s1/i3D3;. The summed E-state index contributed by atoms with van der Waals surface area (Å²) in [4.78, 5) is 22.6. The molecule has 0 saturated carbocycles. The zero-order chi connectivity index (χ0) is 16.1. The van der Waals surface area contributed by atoms with Gasteiger partial charge in [-0.15, -0.1) is 0 Å². The smallest absolute Gasteiger partial charge is 0.309 e. The zero-order valence-electron chi connectivity index (χ0n) is 14.3. The Morgan fingerprint density at radius 1 is 1.44 bits per heavy atom. The predicted molar refractivity (Wildman–Crippen MR) is 64.5 cm³/mol. The lowest BCUT2D eigenvalue weighted by Crippen LogP contribution is -3.00. The minimum absolute atomic E-state index is 0. The van der Waals surface area contributed by atoms with Crippen LogP contribution in [0.4, 0.5) is 0 Å². The van der Waals surface area contributed by atoms with E-state index in [1.165, 1.54) is 14.1 Å². The highest BCUT2D eigenvalue weighted by atomic mass is 35.5. The second-order valence-electron chi connectivity index (χ2n) is 4.83. The molecule has 2 atom stereocenters. The third kappa shape index (κ3) is 9.24. The number of carboxylic acids is 1. The molecule has 108 valence electrons. The van der Waals surface area contributed by atoms with Gasteiger partial charge in [-0.2, -0.15) is 0 Å². The molecule has 1 N–H and O–H groups in total. The number of hydrogen-bond acceptors (Lipinski definition) is 3. The number of ether oxygens (including phenoxy) is 1. The first-order valence-electron chi connectivity index (χ1n) is 7.16. The van der Waals surface area contributed by atoms with Crippen molar-refractivity contribution in [1.29, 1.82) is 0 Å². The highest BCUT2D eigenvalue weighted by molar-refractivity contribution is 5.73. The van der Waals surface area contributed by atoms with Crippen molar-refractivity contribution in [3.8, 4) is 0 Å². The lowest BCUT2D eigenvalue weighted by atomic mass is 10.1. The van der Waals surface area contributed by atoms with E-state index in [2.05, 4.69) is 0 Å². The summed E-state index contributed by atoms with van der Waals surface area (Å²) in [6.45, 7) is 1.12. The number of hydrogen-bond donors (Lipinski definition) is 1. The molecule has 0 aliphatic heterocycles. The van der Waals surface area contributed by atoms with Gasteiger partial charge in [0.05, 0.1) is 37.5 Å². The molecule has 0 rings (SSSR count). The number of nitrogens with zero attached hydrogens (tertiary/aromatic N) is 1. The van der Waals surface area contributed by atoms with Gasteiger partial charge >= 0.3 is 11.9 Å². The number of carbonyl (C=O) groups excluding carboxylic acids is 1. The van der Waals surface area contributed by atoms with Crippen molar-refractivity contribution in [2.24, 2.45) is 5.92 Å². The zero-order valence-corrected chi connectivity index (χ0v) is 12.0. The maximum atomic E-state index is 11.7. The highest BCUT2D eigenvalue weighted by Crippen LogP contribution is 2.10. The molecule has 0 aromatic carbocycles. The number of quaternary nitrogens is 1. The molecule has 0 saturated heterocycles. The summed E-state index contributed by atoms with van der Waals surface area (Å²) in [5.41, 5.74) is 0. The minimum Gasteiger partial charge on any atom is -1.00 e. The summed E-state index contributed by atoms with van der Waals surface area (Å²) < 4.78 is 27.0. The molecular weight excluding hydrogens is 258 g/mol. The van der Waals surface area contributed by atoms with Crippen LogP contribution in [0.25, 0.3) is 0 Å². The van der Waals surface area contributed by atoms with Crippen molar-refractivity contribution >= 4 is 11.9 Å². The summed E-state index contributed by atoms with van der Waals surface area (Å²) in [6, 6.07) is 0. The van der Waals surface area contributed by atoms with Crippen molar-refractivity contribution in [1.82, 2.24) is 0 Å². The Labute approximate surface area is 119 Å². The van der Waals surface area contributed by atoms with Crippen LogP contribution in [0.1, 0.15) is 30.8 Å². The van der Waals surface area contributed by atoms with Gasteiger partial charge in [0.2, 0.25) is 0 Å². The van der Waals surface area contributed by atoms with Crippen LogP contribution in [-0.4, -0.2) is 55.2 Å². The van der Waals surface area contributed by atoms with Crippen LogP contribution >= 0.6 is 0 Å². The molecule has 0 radical (unpaired) electrons. The van der Waals surface area contributed by atoms with Crippen molar-refractivity contribution in [2.75, 3.05) is 27.6 Å². The Bertz CT molecular complexity index is 361. The molecule has 6 heteroatoms. The molecule has 0 aliphatic rings. The lowest BCUT2D eigenvalue weighted by molar-refractivity contribution is -0.873. The lowest BCUT2D eigenvalue weighted by Gasteiger charge is -2.28. The summed E-state index contributed by atoms with van der Waals surface area (Å²) in [7, 11) is 2.91. The van der Waals surface area contributed by atoms with Gasteiger partial charge in [-0.3, -0.25) is 9.59 Å². The second-order valence-corrected chi connectivity index (χ2v) is 4.83. The Hall–Kier alpha value is -0.810. The maximum absolute atomic E-state index is 11.7. The largest absolute Gasteiger partial charge is 1.00 e. The van der Waals surface area contributed by atoms with Crippen molar-refractivity contribution in [3.05, 3.63) is 0 Å². The van der Waals surface area contributed by atoms with Crippen LogP contribution < -0.4 is 12.4 Å². The highest BCUT2D eigenvalue weighted by Gasteiger charge is 2.26. The number of likely N-dealkylation sites (N-methyl/N-ethyl adjacent to an activating group) is 1. The fraction of sp³-hybridized carbons (Fsp3) is 0.833. The van der Waals surface area contributed by atoms with Gasteiger partial charge in [-0.05, 0) is 6.42 Å². The van der Waals surface area contributed by atoms with E-state index >= 15 is 0 Å². The van der Waals surface area contributed by atoms with Crippen LogP contribution in [0.15, 0.2) is 0 Å². The van der Waals surface area contributed by atoms with Gasteiger partial charge in [-0.1, -0.05) is 13.8 Å². The number of aliphatic carboxylic acids is 1. The predicted octanol–water partition coefficient (Wildman–Crippen LogP) is -1.87. The minimum atomic E-state index is -2.31. The van der Waals surface area contributed by atoms with Gasteiger partial charge < -0.3 is 26.7 Å². The Kier molecular flexibility index (Phi) is 6.29. The van der Waals surface area contributed by atoms with E-state index < -0.39 is 35.9 Å². The average Bonchev–Trinajstić information content (AvgIpc) is 2.24. The van der Waals surface area contributed by atoms with E-state index in [1.54, 1.807) is 6.92 Å². The maximum Gasteiger partial charge on any atom is 0.309 e. The SMILES string of the molecule is [2H]C([2H])([2H])[N+](C)(C)C[C@@H](CC(=O)O)OC(=O)C(C)CC.[Cl-]. The molecule has 0 amide bonds. The molecule has 0 heterocycles. The Morgan fingerprint density at radius 2 is 2.00 bits per heavy atom. The van der Waals surface area contributed by atoms with E-state index in [9.17, 15) is 9.59 Å². The van der Waals surface area contributed by atoms with Crippen LogP contribution in [0.2, 0.25) is 0 Å². The van der Waals surface area contributed by atoms with Gasteiger partial charge in [0.25, 0.3) is 0 Å². The van der Waals surface area contributed by atoms with Crippen LogP contribution in [0, 0.1) is 5.92 Å². The van der Waals surface area contributed by atoms with Crippen molar-refractivity contribution < 1.29 is 40.4 Å². The first-order valence-corrected chi connectivity index (χ1v) is 5.66. The third-order valence-electron chi connectivity index (χ3n) is 2.36. The first kappa shape index (κ1) is 13.6. The average molecular weight is 285 g/mol. The molecule has 0 spiro atoms. The molecule has 18 heavy (non-hydrogen) atoms.